The number of aromatic nitrogens is 1. The first-order valence-electron chi connectivity index (χ1n) is 7.49. The maximum atomic E-state index is 14.9. The number of nitrogens with one attached hydrogen (secondary N) is 1. The van der Waals surface area contributed by atoms with E-state index >= 15 is 0 Å². The number of carboxylic acid groups (broad SMARTS) is 1. The molecule has 1 aliphatic rings. The van der Waals surface area contributed by atoms with Crippen LogP contribution in [0.1, 0.15) is 43.1 Å². The van der Waals surface area contributed by atoms with Gasteiger partial charge in [0.2, 0.25) is 5.43 Å². The zero-order valence-electron chi connectivity index (χ0n) is 13.0. The SMILES string of the molecule is CC(C)Nc1c(F)c(F)c2c(=O)c(C(=O)O)cn(C3CC3)c2c1F. The zero-order chi connectivity index (χ0) is 17.8. The Labute approximate surface area is 134 Å². The Balaban J connectivity index is 2.48. The summed E-state index contributed by atoms with van der Waals surface area (Å²) in [6, 6.07) is -0.609. The summed E-state index contributed by atoms with van der Waals surface area (Å²) >= 11 is 0. The Morgan fingerprint density at radius 3 is 2.38 bits per heavy atom. The summed E-state index contributed by atoms with van der Waals surface area (Å²) in [6.07, 6.45) is 2.29. The highest BCUT2D eigenvalue weighted by atomic mass is 19.2. The molecule has 1 aromatic heterocycles. The van der Waals surface area contributed by atoms with E-state index in [0.29, 0.717) is 12.8 Å². The van der Waals surface area contributed by atoms with Gasteiger partial charge in [-0.2, -0.15) is 0 Å². The van der Waals surface area contributed by atoms with E-state index in [2.05, 4.69) is 5.32 Å². The number of fused-ring (bicyclic) bond motifs is 1. The van der Waals surface area contributed by atoms with Gasteiger partial charge in [0, 0.05) is 18.3 Å². The highest BCUT2D eigenvalue weighted by Crippen LogP contribution is 2.39. The molecule has 1 heterocycles. The number of pyridine rings is 1. The lowest BCUT2D eigenvalue weighted by atomic mass is 10.1. The van der Waals surface area contributed by atoms with Crippen LogP contribution in [0.5, 0.6) is 0 Å². The van der Waals surface area contributed by atoms with Crippen molar-refractivity contribution in [1.82, 2.24) is 4.57 Å². The molecule has 0 radical (unpaired) electrons. The van der Waals surface area contributed by atoms with Crippen LogP contribution in [-0.2, 0) is 0 Å². The molecule has 3 rings (SSSR count). The average molecular weight is 340 g/mol. The molecule has 2 aromatic rings. The van der Waals surface area contributed by atoms with Gasteiger partial charge in [0.15, 0.2) is 17.5 Å². The third kappa shape index (κ3) is 2.42. The van der Waals surface area contributed by atoms with Gasteiger partial charge in [-0.3, -0.25) is 4.79 Å². The first-order valence-corrected chi connectivity index (χ1v) is 7.49. The number of carboxylic acids is 1. The molecule has 128 valence electrons. The van der Waals surface area contributed by atoms with Crippen molar-refractivity contribution in [3.63, 3.8) is 0 Å². The molecule has 1 fully saturated rings. The molecule has 0 saturated heterocycles. The molecule has 0 aliphatic heterocycles. The van der Waals surface area contributed by atoms with E-state index in [4.69, 9.17) is 5.11 Å². The maximum absolute atomic E-state index is 14.9. The predicted molar refractivity (Wildman–Crippen MR) is 82.1 cm³/mol. The number of halogens is 3. The molecule has 8 heteroatoms. The lowest BCUT2D eigenvalue weighted by molar-refractivity contribution is 0.0695. The second-order valence-electron chi connectivity index (χ2n) is 6.16. The Morgan fingerprint density at radius 2 is 1.88 bits per heavy atom. The number of carbonyl (C=O) groups is 1. The molecule has 1 aliphatic carbocycles. The van der Waals surface area contributed by atoms with E-state index in [1.807, 2.05) is 0 Å². The molecular formula is C16H15F3N2O3. The number of benzene rings is 1. The van der Waals surface area contributed by atoms with Crippen molar-refractivity contribution in [3.05, 3.63) is 39.4 Å². The first kappa shape index (κ1) is 16.4. The monoisotopic (exact) mass is 340 g/mol. The van der Waals surface area contributed by atoms with Crippen LogP contribution in [0.15, 0.2) is 11.0 Å². The van der Waals surface area contributed by atoms with Crippen LogP contribution in [0, 0.1) is 17.5 Å². The summed E-state index contributed by atoms with van der Waals surface area (Å²) in [5, 5.41) is 10.7. The van der Waals surface area contributed by atoms with Gasteiger partial charge in [-0.05, 0) is 26.7 Å². The Morgan fingerprint density at radius 1 is 1.25 bits per heavy atom. The molecule has 5 nitrogen and oxygen atoms in total. The molecule has 1 saturated carbocycles. The lowest BCUT2D eigenvalue weighted by Crippen LogP contribution is -2.22. The van der Waals surface area contributed by atoms with Crippen molar-refractivity contribution in [3.8, 4) is 0 Å². The molecule has 0 bridgehead atoms. The third-order valence-electron chi connectivity index (χ3n) is 3.90. The lowest BCUT2D eigenvalue weighted by Gasteiger charge is -2.18. The average Bonchev–Trinajstić information content (AvgIpc) is 3.33. The number of nitrogens with zero attached hydrogens (tertiary/aromatic N) is 1. The number of hydrogen-bond donors (Lipinski definition) is 2. The van der Waals surface area contributed by atoms with Gasteiger partial charge in [-0.15, -0.1) is 0 Å². The Bertz CT molecular complexity index is 917. The normalized spacial score (nSPS) is 14.4. The minimum absolute atomic E-state index is 0.238. The van der Waals surface area contributed by atoms with Crippen LogP contribution in [0.3, 0.4) is 0 Å². The van der Waals surface area contributed by atoms with E-state index in [1.54, 1.807) is 13.8 Å². The summed E-state index contributed by atoms with van der Waals surface area (Å²) in [6.45, 7) is 3.25. The van der Waals surface area contributed by atoms with Crippen LogP contribution in [0.25, 0.3) is 10.9 Å². The van der Waals surface area contributed by atoms with Crippen molar-refractivity contribution >= 4 is 22.6 Å². The zero-order valence-corrected chi connectivity index (χ0v) is 13.0. The smallest absolute Gasteiger partial charge is 0.341 e. The second kappa shape index (κ2) is 5.54. The standard InChI is InChI=1S/C16H15F3N2O3/c1-6(2)20-13-11(18)10(17)9-14(12(13)19)21(7-3-4-7)5-8(15(9)22)16(23)24/h5-7,20H,3-4H2,1-2H3,(H,23,24). The fourth-order valence-corrected chi connectivity index (χ4v) is 2.70. The number of rotatable bonds is 4. The van der Waals surface area contributed by atoms with Gasteiger partial charge in [0.25, 0.3) is 0 Å². The molecule has 0 atom stereocenters. The number of aromatic carboxylic acids is 1. The summed E-state index contributed by atoms with van der Waals surface area (Å²) in [5.41, 5.74) is -3.01. The van der Waals surface area contributed by atoms with Gasteiger partial charge in [-0.25, -0.2) is 18.0 Å². The van der Waals surface area contributed by atoms with Crippen molar-refractivity contribution in [2.75, 3.05) is 5.32 Å². The van der Waals surface area contributed by atoms with Crippen molar-refractivity contribution in [2.24, 2.45) is 0 Å². The second-order valence-corrected chi connectivity index (χ2v) is 6.16. The van der Waals surface area contributed by atoms with E-state index in [1.165, 1.54) is 4.57 Å². The largest absolute Gasteiger partial charge is 0.477 e. The fourth-order valence-electron chi connectivity index (χ4n) is 2.70. The van der Waals surface area contributed by atoms with Gasteiger partial charge in [-0.1, -0.05) is 0 Å². The Hall–Kier alpha value is -2.51. The van der Waals surface area contributed by atoms with Crippen LogP contribution < -0.4 is 10.7 Å². The first-order chi connectivity index (χ1) is 11.2. The van der Waals surface area contributed by atoms with Crippen molar-refractivity contribution in [1.29, 1.82) is 0 Å². The predicted octanol–water partition coefficient (Wildman–Crippen LogP) is 3.27. The maximum Gasteiger partial charge on any atom is 0.341 e. The van der Waals surface area contributed by atoms with Crippen molar-refractivity contribution in [2.45, 2.75) is 38.8 Å². The van der Waals surface area contributed by atoms with Gasteiger partial charge in [0.05, 0.1) is 10.9 Å². The molecular weight excluding hydrogens is 325 g/mol. The summed E-state index contributed by atoms with van der Waals surface area (Å²) in [4.78, 5) is 23.5. The van der Waals surface area contributed by atoms with Crippen LogP contribution in [-0.4, -0.2) is 21.7 Å². The van der Waals surface area contributed by atoms with Gasteiger partial charge < -0.3 is 15.0 Å². The molecule has 24 heavy (non-hydrogen) atoms. The molecule has 0 amide bonds. The minimum atomic E-state index is -1.57. The fraction of sp³-hybridized carbons (Fsp3) is 0.375. The highest BCUT2D eigenvalue weighted by molar-refractivity contribution is 5.94. The third-order valence-corrected chi connectivity index (χ3v) is 3.90. The van der Waals surface area contributed by atoms with Gasteiger partial charge in [0.1, 0.15) is 11.3 Å². The van der Waals surface area contributed by atoms with Crippen LogP contribution in [0.2, 0.25) is 0 Å². The molecule has 2 N–H and O–H groups in total. The summed E-state index contributed by atoms with van der Waals surface area (Å²) in [7, 11) is 0. The van der Waals surface area contributed by atoms with Crippen LogP contribution in [0.4, 0.5) is 18.9 Å². The van der Waals surface area contributed by atoms with E-state index in [0.717, 1.165) is 6.20 Å². The van der Waals surface area contributed by atoms with E-state index < -0.39 is 51.0 Å². The van der Waals surface area contributed by atoms with E-state index in [9.17, 15) is 22.8 Å². The molecule has 0 spiro atoms. The summed E-state index contributed by atoms with van der Waals surface area (Å²) in [5.74, 6) is -5.74. The number of hydrogen-bond acceptors (Lipinski definition) is 3. The Kier molecular flexibility index (Phi) is 3.77. The highest BCUT2D eigenvalue weighted by Gasteiger charge is 2.32. The molecule has 1 aromatic carbocycles. The minimum Gasteiger partial charge on any atom is -0.477 e. The van der Waals surface area contributed by atoms with Crippen molar-refractivity contribution < 1.29 is 23.1 Å². The topological polar surface area (TPSA) is 71.3 Å². The summed E-state index contributed by atoms with van der Waals surface area (Å²) < 4.78 is 44.8. The van der Waals surface area contributed by atoms with Crippen LogP contribution >= 0.6 is 0 Å². The van der Waals surface area contributed by atoms with E-state index in [-0.39, 0.29) is 12.1 Å². The van der Waals surface area contributed by atoms with Gasteiger partial charge >= 0.3 is 5.97 Å². The molecule has 0 unspecified atom stereocenters. The quantitative estimate of drug-likeness (QED) is 0.838. The number of anilines is 1.